The zero-order valence-corrected chi connectivity index (χ0v) is 27.0. The normalized spacial score (nSPS) is 11.6. The molecule has 3 heterocycles. The maximum atomic E-state index is 5.12. The molecule has 234 valence electrons. The highest BCUT2D eigenvalue weighted by Crippen LogP contribution is 2.41. The van der Waals surface area contributed by atoms with Gasteiger partial charge in [0.25, 0.3) is 0 Å². The van der Waals surface area contributed by atoms with Crippen LogP contribution in [0.3, 0.4) is 0 Å². The molecule has 0 atom stereocenters. The van der Waals surface area contributed by atoms with E-state index in [-0.39, 0.29) is 0 Å². The Kier molecular flexibility index (Phi) is 6.42. The van der Waals surface area contributed by atoms with E-state index in [1.807, 2.05) is 60.7 Å². The van der Waals surface area contributed by atoms with Gasteiger partial charge in [-0.1, -0.05) is 127 Å². The summed E-state index contributed by atoms with van der Waals surface area (Å²) < 4.78 is 4.75. The van der Waals surface area contributed by atoms with Crippen LogP contribution in [0, 0.1) is 0 Å². The third kappa shape index (κ3) is 4.45. The zero-order chi connectivity index (χ0) is 33.0. The van der Waals surface area contributed by atoms with Crippen molar-refractivity contribution < 1.29 is 0 Å². The van der Waals surface area contributed by atoms with E-state index >= 15 is 0 Å². The van der Waals surface area contributed by atoms with Crippen molar-refractivity contribution in [3.05, 3.63) is 176 Å². The third-order valence-electron chi connectivity index (χ3n) is 9.57. The maximum Gasteiger partial charge on any atom is 0.166 e. The first-order chi connectivity index (χ1) is 24.8. The van der Waals surface area contributed by atoms with Gasteiger partial charge in [0.05, 0.1) is 27.8 Å². The minimum absolute atomic E-state index is 0.624. The van der Waals surface area contributed by atoms with Crippen molar-refractivity contribution >= 4 is 43.6 Å². The number of hydrogen-bond acceptors (Lipinski definition) is 3. The molecule has 0 saturated heterocycles. The van der Waals surface area contributed by atoms with Crippen LogP contribution in [0.5, 0.6) is 0 Å². The monoisotopic (exact) mass is 639 g/mol. The standard InChI is InChI=1S/C45H29N5/c1-4-16-30(17-5-1)43-46-44(31-18-6-2-7-19-31)48-45(47-43)35-24-12-15-27-40(35)50-39-26-14-11-23-34(39)37-28-36-33-22-10-13-25-38(33)49(41(36)29-42(37)50)32-20-8-3-9-21-32/h1-29H. The Morgan fingerprint density at radius 3 is 1.40 bits per heavy atom. The Hall–Kier alpha value is -6.85. The molecule has 0 N–H and O–H groups in total. The van der Waals surface area contributed by atoms with Gasteiger partial charge in [-0.25, -0.2) is 15.0 Å². The van der Waals surface area contributed by atoms with Gasteiger partial charge in [-0.2, -0.15) is 0 Å². The Morgan fingerprint density at radius 2 is 0.780 bits per heavy atom. The number of rotatable bonds is 5. The van der Waals surface area contributed by atoms with E-state index in [2.05, 4.69) is 124 Å². The van der Waals surface area contributed by atoms with Crippen LogP contribution >= 0.6 is 0 Å². The van der Waals surface area contributed by atoms with Crippen LogP contribution < -0.4 is 0 Å². The second-order valence-electron chi connectivity index (χ2n) is 12.5. The number of nitrogens with zero attached hydrogens (tertiary/aromatic N) is 5. The number of hydrogen-bond donors (Lipinski definition) is 0. The lowest BCUT2D eigenvalue weighted by atomic mass is 10.1. The fourth-order valence-electron chi connectivity index (χ4n) is 7.33. The predicted molar refractivity (Wildman–Crippen MR) is 205 cm³/mol. The van der Waals surface area contributed by atoms with Gasteiger partial charge in [-0.3, -0.25) is 0 Å². The van der Waals surface area contributed by atoms with Gasteiger partial charge < -0.3 is 9.13 Å². The first-order valence-electron chi connectivity index (χ1n) is 16.8. The fraction of sp³-hybridized carbons (Fsp3) is 0. The summed E-state index contributed by atoms with van der Waals surface area (Å²) in [5.41, 5.74) is 9.53. The molecule has 0 aliphatic heterocycles. The van der Waals surface area contributed by atoms with Crippen molar-refractivity contribution in [3.63, 3.8) is 0 Å². The lowest BCUT2D eigenvalue weighted by Crippen LogP contribution is -2.03. The van der Waals surface area contributed by atoms with E-state index in [0.29, 0.717) is 17.5 Å². The molecule has 0 saturated carbocycles. The molecule has 10 aromatic rings. The van der Waals surface area contributed by atoms with Gasteiger partial charge in [0, 0.05) is 43.9 Å². The van der Waals surface area contributed by atoms with Crippen LogP contribution in [0.1, 0.15) is 0 Å². The zero-order valence-electron chi connectivity index (χ0n) is 27.0. The van der Waals surface area contributed by atoms with Gasteiger partial charge >= 0.3 is 0 Å². The van der Waals surface area contributed by atoms with E-state index in [0.717, 1.165) is 44.6 Å². The van der Waals surface area contributed by atoms with Crippen LogP contribution in [-0.2, 0) is 0 Å². The van der Waals surface area contributed by atoms with Crippen LogP contribution in [0.2, 0.25) is 0 Å². The Bertz CT molecular complexity index is 2800. The number of para-hydroxylation sites is 4. The lowest BCUT2D eigenvalue weighted by molar-refractivity contribution is 1.06. The second-order valence-corrected chi connectivity index (χ2v) is 12.5. The highest BCUT2D eigenvalue weighted by molar-refractivity contribution is 6.19. The summed E-state index contributed by atoms with van der Waals surface area (Å²) in [5.74, 6) is 1.90. The molecule has 5 nitrogen and oxygen atoms in total. The van der Waals surface area contributed by atoms with Gasteiger partial charge in [-0.15, -0.1) is 0 Å². The van der Waals surface area contributed by atoms with E-state index < -0.39 is 0 Å². The van der Waals surface area contributed by atoms with Gasteiger partial charge in [0.1, 0.15) is 0 Å². The maximum absolute atomic E-state index is 5.12. The van der Waals surface area contributed by atoms with Crippen LogP contribution in [0.4, 0.5) is 0 Å². The van der Waals surface area contributed by atoms with E-state index in [1.165, 1.54) is 27.1 Å². The largest absolute Gasteiger partial charge is 0.309 e. The first-order valence-corrected chi connectivity index (χ1v) is 16.8. The summed E-state index contributed by atoms with van der Waals surface area (Å²) >= 11 is 0. The van der Waals surface area contributed by atoms with Crippen molar-refractivity contribution in [2.24, 2.45) is 0 Å². The molecule has 5 heteroatoms. The van der Waals surface area contributed by atoms with Gasteiger partial charge in [-0.05, 0) is 48.5 Å². The van der Waals surface area contributed by atoms with E-state index in [9.17, 15) is 0 Å². The predicted octanol–water partition coefficient (Wildman–Crippen LogP) is 11.1. The average molecular weight is 640 g/mol. The highest BCUT2D eigenvalue weighted by atomic mass is 15.1. The molecule has 0 aliphatic carbocycles. The Morgan fingerprint density at radius 1 is 0.320 bits per heavy atom. The highest BCUT2D eigenvalue weighted by Gasteiger charge is 2.21. The summed E-state index contributed by atoms with van der Waals surface area (Å²) in [6.45, 7) is 0. The van der Waals surface area contributed by atoms with Crippen molar-refractivity contribution in [2.45, 2.75) is 0 Å². The minimum Gasteiger partial charge on any atom is -0.309 e. The lowest BCUT2D eigenvalue weighted by Gasteiger charge is -2.15. The molecule has 0 bridgehead atoms. The molecule has 50 heavy (non-hydrogen) atoms. The summed E-state index contributed by atoms with van der Waals surface area (Å²) in [7, 11) is 0. The Balaban J connectivity index is 1.28. The van der Waals surface area contributed by atoms with Crippen LogP contribution in [0.15, 0.2) is 176 Å². The van der Waals surface area contributed by atoms with Crippen molar-refractivity contribution in [1.82, 2.24) is 24.1 Å². The minimum atomic E-state index is 0.624. The molecule has 0 spiro atoms. The summed E-state index contributed by atoms with van der Waals surface area (Å²) in [5, 5.41) is 4.86. The SMILES string of the molecule is c1ccc(-c2nc(-c3ccccc3)nc(-c3ccccc3-n3c4ccccc4c4cc5c6ccccc6n(-c6ccccc6)c5cc43)n2)cc1. The fourth-order valence-corrected chi connectivity index (χ4v) is 7.33. The topological polar surface area (TPSA) is 48.5 Å². The smallest absolute Gasteiger partial charge is 0.166 e. The van der Waals surface area contributed by atoms with E-state index in [1.54, 1.807) is 0 Å². The van der Waals surface area contributed by atoms with Gasteiger partial charge in [0.2, 0.25) is 0 Å². The van der Waals surface area contributed by atoms with Crippen molar-refractivity contribution in [1.29, 1.82) is 0 Å². The van der Waals surface area contributed by atoms with Crippen LogP contribution in [0.25, 0.3) is 89.2 Å². The molecular formula is C45H29N5. The molecule has 0 radical (unpaired) electrons. The quantitative estimate of drug-likeness (QED) is 0.188. The number of fused-ring (bicyclic) bond motifs is 6. The third-order valence-corrected chi connectivity index (χ3v) is 9.57. The van der Waals surface area contributed by atoms with Crippen molar-refractivity contribution in [2.75, 3.05) is 0 Å². The molecule has 0 amide bonds. The number of aromatic nitrogens is 5. The Labute approximate surface area is 288 Å². The summed E-state index contributed by atoms with van der Waals surface area (Å²) in [4.78, 5) is 15.2. The van der Waals surface area contributed by atoms with Crippen molar-refractivity contribution in [3.8, 4) is 45.5 Å². The second kappa shape index (κ2) is 11.4. The molecule has 0 aliphatic rings. The summed E-state index contributed by atoms with van der Waals surface area (Å²) in [6, 6.07) is 61.4. The van der Waals surface area contributed by atoms with Gasteiger partial charge in [0.15, 0.2) is 17.5 Å². The molecule has 7 aromatic carbocycles. The number of benzene rings is 7. The molecule has 0 fully saturated rings. The van der Waals surface area contributed by atoms with E-state index in [4.69, 9.17) is 15.0 Å². The molecule has 3 aromatic heterocycles. The molecule has 10 rings (SSSR count). The molecule has 0 unspecified atom stereocenters. The first kappa shape index (κ1) is 28.2. The van der Waals surface area contributed by atoms with Crippen LogP contribution in [-0.4, -0.2) is 24.1 Å². The summed E-state index contributed by atoms with van der Waals surface area (Å²) in [6.07, 6.45) is 0. The average Bonchev–Trinajstić information content (AvgIpc) is 3.70. The molecular weight excluding hydrogens is 611 g/mol.